The average molecular weight is 241 g/mol. The molecule has 0 radical (unpaired) electrons. The van der Waals surface area contributed by atoms with Gasteiger partial charge in [-0.25, -0.2) is 0 Å². The molecule has 1 amide bonds. The van der Waals surface area contributed by atoms with Crippen molar-refractivity contribution in [1.29, 1.82) is 0 Å². The highest BCUT2D eigenvalue weighted by Gasteiger charge is 2.10. The first-order valence-electron chi connectivity index (χ1n) is 5.34. The highest BCUT2D eigenvalue weighted by atomic mass is 16.5. The van der Waals surface area contributed by atoms with Gasteiger partial charge >= 0.3 is 0 Å². The molecule has 1 rings (SSSR count). The average Bonchev–Trinajstić information content (AvgIpc) is 2.51. The van der Waals surface area contributed by atoms with Gasteiger partial charge in [0.1, 0.15) is 5.82 Å². The molecule has 0 saturated heterocycles. The standard InChI is InChI=1S/C10H19N5O2/c1-7-9(11)10(15(2)14-7)13-6-8(16)12-4-5-17-3/h13H,4-6,11H2,1-3H3,(H,12,16). The Hall–Kier alpha value is -1.76. The predicted octanol–water partition coefficient (Wildman–Crippen LogP) is -0.515. The summed E-state index contributed by atoms with van der Waals surface area (Å²) < 4.78 is 6.45. The first-order chi connectivity index (χ1) is 8.06. The fourth-order valence-corrected chi connectivity index (χ4v) is 1.40. The molecular formula is C10H19N5O2. The van der Waals surface area contributed by atoms with Crippen LogP contribution in [0.3, 0.4) is 0 Å². The molecule has 1 heterocycles. The second kappa shape index (κ2) is 6.09. The van der Waals surface area contributed by atoms with E-state index in [1.807, 2.05) is 6.92 Å². The van der Waals surface area contributed by atoms with Crippen LogP contribution < -0.4 is 16.4 Å². The van der Waals surface area contributed by atoms with E-state index in [1.54, 1.807) is 18.8 Å². The molecule has 0 unspecified atom stereocenters. The molecule has 0 spiro atoms. The summed E-state index contributed by atoms with van der Waals surface area (Å²) in [5.41, 5.74) is 7.13. The van der Waals surface area contributed by atoms with Crippen molar-refractivity contribution in [3.8, 4) is 0 Å². The number of amides is 1. The number of hydrogen-bond donors (Lipinski definition) is 3. The fraction of sp³-hybridized carbons (Fsp3) is 0.600. The van der Waals surface area contributed by atoms with Gasteiger partial charge in [-0.05, 0) is 6.92 Å². The van der Waals surface area contributed by atoms with Crippen LogP contribution in [0, 0.1) is 6.92 Å². The monoisotopic (exact) mass is 241 g/mol. The minimum Gasteiger partial charge on any atom is -0.394 e. The van der Waals surface area contributed by atoms with Crippen LogP contribution in [0.2, 0.25) is 0 Å². The van der Waals surface area contributed by atoms with E-state index in [0.29, 0.717) is 24.7 Å². The molecule has 0 aromatic carbocycles. The predicted molar refractivity (Wildman–Crippen MR) is 65.7 cm³/mol. The lowest BCUT2D eigenvalue weighted by molar-refractivity contribution is -0.119. The van der Waals surface area contributed by atoms with Gasteiger partial charge in [0.25, 0.3) is 0 Å². The Labute approximate surface area is 100 Å². The number of aryl methyl sites for hydroxylation is 2. The Balaban J connectivity index is 2.42. The summed E-state index contributed by atoms with van der Waals surface area (Å²) in [5.74, 6) is 0.546. The van der Waals surface area contributed by atoms with Gasteiger partial charge < -0.3 is 21.1 Å². The molecule has 1 aromatic rings. The Kier molecular flexibility index (Phi) is 4.77. The van der Waals surface area contributed by atoms with E-state index < -0.39 is 0 Å². The number of nitrogens with two attached hydrogens (primary N) is 1. The summed E-state index contributed by atoms with van der Waals surface area (Å²) in [6, 6.07) is 0. The van der Waals surface area contributed by atoms with E-state index in [0.717, 1.165) is 5.69 Å². The van der Waals surface area contributed by atoms with Crippen molar-refractivity contribution in [2.24, 2.45) is 7.05 Å². The molecule has 0 saturated carbocycles. The SMILES string of the molecule is COCCNC(=O)CNc1c(N)c(C)nn1C. The second-order valence-electron chi connectivity index (χ2n) is 3.67. The molecule has 1 aromatic heterocycles. The lowest BCUT2D eigenvalue weighted by atomic mass is 10.4. The van der Waals surface area contributed by atoms with Crippen LogP contribution in [-0.4, -0.2) is 42.5 Å². The number of nitrogen functional groups attached to an aromatic ring is 1. The van der Waals surface area contributed by atoms with Crippen molar-refractivity contribution in [2.45, 2.75) is 6.92 Å². The van der Waals surface area contributed by atoms with Crippen molar-refractivity contribution in [3.63, 3.8) is 0 Å². The molecule has 96 valence electrons. The van der Waals surface area contributed by atoms with E-state index in [4.69, 9.17) is 10.5 Å². The third-order valence-electron chi connectivity index (χ3n) is 2.31. The maximum atomic E-state index is 11.4. The van der Waals surface area contributed by atoms with E-state index in [-0.39, 0.29) is 12.5 Å². The number of ether oxygens (including phenoxy) is 1. The van der Waals surface area contributed by atoms with E-state index in [2.05, 4.69) is 15.7 Å². The maximum absolute atomic E-state index is 11.4. The Bertz CT molecular complexity index is 388. The minimum atomic E-state index is -0.111. The zero-order valence-corrected chi connectivity index (χ0v) is 10.4. The third-order valence-corrected chi connectivity index (χ3v) is 2.31. The van der Waals surface area contributed by atoms with Gasteiger partial charge in [-0.15, -0.1) is 0 Å². The first-order valence-corrected chi connectivity index (χ1v) is 5.34. The lowest BCUT2D eigenvalue weighted by Crippen LogP contribution is -2.32. The van der Waals surface area contributed by atoms with Gasteiger partial charge in [0.05, 0.1) is 24.5 Å². The van der Waals surface area contributed by atoms with Crippen LogP contribution in [0.15, 0.2) is 0 Å². The number of nitrogens with one attached hydrogen (secondary N) is 2. The van der Waals surface area contributed by atoms with E-state index in [9.17, 15) is 4.79 Å². The molecule has 4 N–H and O–H groups in total. The van der Waals surface area contributed by atoms with Crippen LogP contribution >= 0.6 is 0 Å². The van der Waals surface area contributed by atoms with Crippen molar-refractivity contribution >= 4 is 17.4 Å². The Morgan fingerprint density at radius 3 is 2.82 bits per heavy atom. The molecule has 0 aliphatic rings. The zero-order chi connectivity index (χ0) is 12.8. The fourth-order valence-electron chi connectivity index (χ4n) is 1.40. The maximum Gasteiger partial charge on any atom is 0.239 e. The number of carbonyl (C=O) groups excluding carboxylic acids is 1. The van der Waals surface area contributed by atoms with Crippen LogP contribution in [0.5, 0.6) is 0 Å². The number of methoxy groups -OCH3 is 1. The Morgan fingerprint density at radius 2 is 2.29 bits per heavy atom. The molecule has 0 atom stereocenters. The molecule has 0 bridgehead atoms. The zero-order valence-electron chi connectivity index (χ0n) is 10.4. The smallest absolute Gasteiger partial charge is 0.239 e. The van der Waals surface area contributed by atoms with Crippen LogP contribution in [0.25, 0.3) is 0 Å². The quantitative estimate of drug-likeness (QED) is 0.583. The summed E-state index contributed by atoms with van der Waals surface area (Å²) in [7, 11) is 3.36. The van der Waals surface area contributed by atoms with E-state index in [1.165, 1.54) is 0 Å². The molecular weight excluding hydrogens is 222 g/mol. The van der Waals surface area contributed by atoms with Gasteiger partial charge in [-0.2, -0.15) is 5.10 Å². The third kappa shape index (κ3) is 3.63. The van der Waals surface area contributed by atoms with Crippen molar-refractivity contribution in [2.75, 3.05) is 37.9 Å². The molecule has 0 aliphatic heterocycles. The second-order valence-corrected chi connectivity index (χ2v) is 3.67. The number of hydrogen-bond acceptors (Lipinski definition) is 5. The summed E-state index contributed by atoms with van der Waals surface area (Å²) in [5, 5.41) is 9.80. The molecule has 0 aliphatic carbocycles. The minimum absolute atomic E-state index is 0.111. The number of aromatic nitrogens is 2. The van der Waals surface area contributed by atoms with Crippen molar-refractivity contribution < 1.29 is 9.53 Å². The van der Waals surface area contributed by atoms with Crippen LogP contribution in [-0.2, 0) is 16.6 Å². The molecule has 0 fully saturated rings. The van der Waals surface area contributed by atoms with E-state index >= 15 is 0 Å². The van der Waals surface area contributed by atoms with Crippen molar-refractivity contribution in [1.82, 2.24) is 15.1 Å². The lowest BCUT2D eigenvalue weighted by Gasteiger charge is -2.08. The number of anilines is 2. The van der Waals surface area contributed by atoms with Crippen LogP contribution in [0.4, 0.5) is 11.5 Å². The van der Waals surface area contributed by atoms with Gasteiger partial charge in [0.2, 0.25) is 5.91 Å². The highest BCUT2D eigenvalue weighted by Crippen LogP contribution is 2.20. The van der Waals surface area contributed by atoms with Crippen LogP contribution in [0.1, 0.15) is 5.69 Å². The summed E-state index contributed by atoms with van der Waals surface area (Å²) >= 11 is 0. The number of carbonyl (C=O) groups is 1. The topological polar surface area (TPSA) is 94.2 Å². The van der Waals surface area contributed by atoms with Gasteiger partial charge in [0, 0.05) is 20.7 Å². The molecule has 17 heavy (non-hydrogen) atoms. The summed E-state index contributed by atoms with van der Waals surface area (Å²) in [6.07, 6.45) is 0. The normalized spacial score (nSPS) is 10.3. The summed E-state index contributed by atoms with van der Waals surface area (Å²) in [4.78, 5) is 11.4. The largest absolute Gasteiger partial charge is 0.394 e. The summed E-state index contributed by atoms with van der Waals surface area (Å²) in [6.45, 7) is 2.97. The van der Waals surface area contributed by atoms with Gasteiger partial charge in [-0.1, -0.05) is 0 Å². The number of rotatable bonds is 6. The Morgan fingerprint density at radius 1 is 1.59 bits per heavy atom. The first kappa shape index (κ1) is 13.3. The number of nitrogens with zero attached hydrogens (tertiary/aromatic N) is 2. The van der Waals surface area contributed by atoms with Gasteiger partial charge in [-0.3, -0.25) is 9.48 Å². The molecule has 7 heteroatoms. The van der Waals surface area contributed by atoms with Gasteiger partial charge in [0.15, 0.2) is 0 Å². The molecule has 7 nitrogen and oxygen atoms in total. The highest BCUT2D eigenvalue weighted by molar-refractivity contribution is 5.81. The van der Waals surface area contributed by atoms with Crippen molar-refractivity contribution in [3.05, 3.63) is 5.69 Å².